The fourth-order valence-electron chi connectivity index (χ4n) is 2.84. The maximum Gasteiger partial charge on any atom is 0.258 e. The molecule has 0 aliphatic rings. The van der Waals surface area contributed by atoms with Crippen molar-refractivity contribution in [2.45, 2.75) is 19.8 Å². The summed E-state index contributed by atoms with van der Waals surface area (Å²) in [7, 11) is 0. The molecule has 0 bridgehead atoms. The predicted octanol–water partition coefficient (Wildman–Crippen LogP) is 3.89. The summed E-state index contributed by atoms with van der Waals surface area (Å²) < 4.78 is 13.0. The molecule has 6 nitrogen and oxygen atoms in total. The van der Waals surface area contributed by atoms with Crippen LogP contribution in [0.5, 0.6) is 11.5 Å². The van der Waals surface area contributed by atoms with Crippen LogP contribution in [-0.2, 0) is 6.42 Å². The summed E-state index contributed by atoms with van der Waals surface area (Å²) >= 11 is 5.83. The molecule has 7 heteroatoms. The number of nitrogens with zero attached hydrogens (tertiary/aromatic N) is 2. The highest BCUT2D eigenvalue weighted by Gasteiger charge is 2.04. The van der Waals surface area contributed by atoms with Crippen molar-refractivity contribution in [3.05, 3.63) is 82.0 Å². The molecule has 0 amide bonds. The van der Waals surface area contributed by atoms with E-state index in [0.29, 0.717) is 30.4 Å². The molecule has 0 saturated heterocycles. The number of benzene rings is 1. The average molecular weight is 428 g/mol. The summed E-state index contributed by atoms with van der Waals surface area (Å²) in [4.78, 5) is 16.7. The molecule has 0 fully saturated rings. The first-order valence-electron chi connectivity index (χ1n) is 10.1. The largest absolute Gasteiger partial charge is 0.493 e. The SMILES string of the molecule is CCCNCCOc1ccc(-n2ccc(OCCc3ccc(Cl)cn3)cc2=O)cc1. The molecule has 0 spiro atoms. The summed E-state index contributed by atoms with van der Waals surface area (Å²) in [5, 5.41) is 3.89. The van der Waals surface area contributed by atoms with E-state index in [-0.39, 0.29) is 5.56 Å². The molecule has 0 unspecified atom stereocenters. The van der Waals surface area contributed by atoms with Crippen LogP contribution in [0.4, 0.5) is 0 Å². The highest BCUT2D eigenvalue weighted by Crippen LogP contribution is 2.15. The molecule has 2 aromatic heterocycles. The fraction of sp³-hybridized carbons (Fsp3) is 0.304. The maximum absolute atomic E-state index is 12.5. The Kier molecular flexibility index (Phi) is 8.30. The van der Waals surface area contributed by atoms with Crippen LogP contribution in [0.25, 0.3) is 5.69 Å². The molecule has 158 valence electrons. The van der Waals surface area contributed by atoms with Crippen LogP contribution in [0, 0.1) is 0 Å². The number of rotatable bonds is 11. The van der Waals surface area contributed by atoms with Gasteiger partial charge in [0.2, 0.25) is 0 Å². The van der Waals surface area contributed by atoms with Crippen LogP contribution in [0.15, 0.2) is 65.7 Å². The molecule has 1 N–H and O–H groups in total. The van der Waals surface area contributed by atoms with Gasteiger partial charge in [-0.05, 0) is 55.4 Å². The zero-order chi connectivity index (χ0) is 21.2. The Bertz CT molecular complexity index is 972. The zero-order valence-electron chi connectivity index (χ0n) is 17.0. The molecule has 3 aromatic rings. The van der Waals surface area contributed by atoms with E-state index in [1.807, 2.05) is 30.3 Å². The summed E-state index contributed by atoms with van der Waals surface area (Å²) in [5.41, 5.74) is 1.50. The van der Waals surface area contributed by atoms with Gasteiger partial charge in [-0.1, -0.05) is 18.5 Å². The van der Waals surface area contributed by atoms with Crippen molar-refractivity contribution < 1.29 is 9.47 Å². The molecule has 2 heterocycles. The van der Waals surface area contributed by atoms with Gasteiger partial charge in [0.15, 0.2) is 0 Å². The van der Waals surface area contributed by atoms with E-state index < -0.39 is 0 Å². The number of hydrogen-bond acceptors (Lipinski definition) is 5. The lowest BCUT2D eigenvalue weighted by atomic mass is 10.3. The van der Waals surface area contributed by atoms with E-state index in [1.54, 1.807) is 29.1 Å². The second-order valence-corrected chi connectivity index (χ2v) is 7.17. The van der Waals surface area contributed by atoms with Crippen molar-refractivity contribution >= 4 is 11.6 Å². The Morgan fingerprint density at radius 2 is 1.80 bits per heavy atom. The normalized spacial score (nSPS) is 10.7. The number of halogens is 1. The minimum atomic E-state index is -0.158. The lowest BCUT2D eigenvalue weighted by Crippen LogP contribution is -2.21. The van der Waals surface area contributed by atoms with Gasteiger partial charge in [-0.2, -0.15) is 0 Å². The first kappa shape index (κ1) is 21.9. The van der Waals surface area contributed by atoms with E-state index in [9.17, 15) is 4.79 Å². The Labute approximate surface area is 181 Å². The van der Waals surface area contributed by atoms with Crippen LogP contribution >= 0.6 is 11.6 Å². The highest BCUT2D eigenvalue weighted by atomic mass is 35.5. The van der Waals surface area contributed by atoms with Crippen LogP contribution in [-0.4, -0.2) is 35.9 Å². The van der Waals surface area contributed by atoms with Crippen molar-refractivity contribution in [3.63, 3.8) is 0 Å². The van der Waals surface area contributed by atoms with E-state index in [4.69, 9.17) is 21.1 Å². The second kappa shape index (κ2) is 11.4. The highest BCUT2D eigenvalue weighted by molar-refractivity contribution is 6.30. The quantitative estimate of drug-likeness (QED) is 0.470. The third kappa shape index (κ3) is 6.61. The zero-order valence-corrected chi connectivity index (χ0v) is 17.8. The third-order valence-corrected chi connectivity index (χ3v) is 4.62. The van der Waals surface area contributed by atoms with Crippen molar-refractivity contribution in [3.8, 4) is 17.2 Å². The van der Waals surface area contributed by atoms with E-state index in [2.05, 4.69) is 17.2 Å². The van der Waals surface area contributed by atoms with Crippen molar-refractivity contribution in [2.75, 3.05) is 26.3 Å². The standard InChI is InChI=1S/C23H26ClN3O3/c1-2-11-25-12-15-30-21-7-5-20(6-8-21)27-13-9-22(16-23(27)28)29-14-10-19-4-3-18(24)17-26-19/h3-9,13,16-17,25H,2,10-12,14-15H2,1H3. The summed E-state index contributed by atoms with van der Waals surface area (Å²) in [6.45, 7) is 4.97. The van der Waals surface area contributed by atoms with Crippen molar-refractivity contribution in [1.82, 2.24) is 14.9 Å². The molecule has 3 rings (SSSR count). The molecule has 1 aromatic carbocycles. The third-order valence-electron chi connectivity index (χ3n) is 4.40. The molecule has 0 aliphatic carbocycles. The first-order chi connectivity index (χ1) is 14.7. The summed E-state index contributed by atoms with van der Waals surface area (Å²) in [6.07, 6.45) is 5.06. The maximum atomic E-state index is 12.5. The Balaban J connectivity index is 1.53. The molecule has 0 aliphatic heterocycles. The van der Waals surface area contributed by atoms with Gasteiger partial charge in [0, 0.05) is 42.8 Å². The van der Waals surface area contributed by atoms with E-state index in [0.717, 1.165) is 36.6 Å². The molecule has 0 radical (unpaired) electrons. The van der Waals surface area contributed by atoms with E-state index >= 15 is 0 Å². The van der Waals surface area contributed by atoms with Gasteiger partial charge in [0.05, 0.1) is 11.6 Å². The number of pyridine rings is 2. The summed E-state index contributed by atoms with van der Waals surface area (Å²) in [6, 6.07) is 14.4. The second-order valence-electron chi connectivity index (χ2n) is 6.73. The number of aromatic nitrogens is 2. The Morgan fingerprint density at radius 1 is 1.00 bits per heavy atom. The molecular weight excluding hydrogens is 402 g/mol. The number of hydrogen-bond donors (Lipinski definition) is 1. The smallest absolute Gasteiger partial charge is 0.258 e. The predicted molar refractivity (Wildman–Crippen MR) is 119 cm³/mol. The topological polar surface area (TPSA) is 65.4 Å². The van der Waals surface area contributed by atoms with Crippen LogP contribution in [0.2, 0.25) is 5.02 Å². The molecule has 0 saturated carbocycles. The average Bonchev–Trinajstić information content (AvgIpc) is 2.76. The molecule has 0 atom stereocenters. The summed E-state index contributed by atoms with van der Waals surface area (Å²) in [5.74, 6) is 1.31. The van der Waals surface area contributed by atoms with Gasteiger partial charge in [0.25, 0.3) is 5.56 Å². The van der Waals surface area contributed by atoms with Crippen molar-refractivity contribution in [2.24, 2.45) is 0 Å². The Morgan fingerprint density at radius 3 is 2.50 bits per heavy atom. The lowest BCUT2D eigenvalue weighted by molar-refractivity contribution is 0.314. The van der Waals surface area contributed by atoms with Crippen LogP contribution in [0.3, 0.4) is 0 Å². The van der Waals surface area contributed by atoms with Gasteiger partial charge in [-0.25, -0.2) is 0 Å². The van der Waals surface area contributed by atoms with Crippen molar-refractivity contribution in [1.29, 1.82) is 0 Å². The van der Waals surface area contributed by atoms with Gasteiger partial charge in [-0.3, -0.25) is 14.3 Å². The van der Waals surface area contributed by atoms with Crippen LogP contribution < -0.4 is 20.3 Å². The fourth-order valence-corrected chi connectivity index (χ4v) is 2.95. The van der Waals surface area contributed by atoms with Gasteiger partial charge < -0.3 is 14.8 Å². The van der Waals surface area contributed by atoms with Crippen LogP contribution in [0.1, 0.15) is 19.0 Å². The van der Waals surface area contributed by atoms with E-state index in [1.165, 1.54) is 6.07 Å². The minimum absolute atomic E-state index is 0.158. The lowest BCUT2D eigenvalue weighted by Gasteiger charge is -2.10. The van der Waals surface area contributed by atoms with Gasteiger partial charge in [-0.15, -0.1) is 0 Å². The number of ether oxygens (including phenoxy) is 2. The Hall–Kier alpha value is -2.83. The minimum Gasteiger partial charge on any atom is -0.493 e. The number of nitrogens with one attached hydrogen (secondary N) is 1. The van der Waals surface area contributed by atoms with Gasteiger partial charge >= 0.3 is 0 Å². The molecule has 30 heavy (non-hydrogen) atoms. The monoisotopic (exact) mass is 427 g/mol. The van der Waals surface area contributed by atoms with Gasteiger partial charge in [0.1, 0.15) is 18.1 Å². The molecular formula is C23H26ClN3O3. The first-order valence-corrected chi connectivity index (χ1v) is 10.4.